The van der Waals surface area contributed by atoms with Crippen LogP contribution in [0.4, 0.5) is 0 Å². The van der Waals surface area contributed by atoms with Gasteiger partial charge in [0.15, 0.2) is 5.16 Å². The number of hydrogen-bond acceptors (Lipinski definition) is 6. The Morgan fingerprint density at radius 2 is 2.19 bits per heavy atom. The number of thiophene rings is 1. The van der Waals surface area contributed by atoms with Crippen molar-refractivity contribution in [2.24, 2.45) is 7.05 Å². The van der Waals surface area contributed by atoms with Crippen molar-refractivity contribution in [1.82, 2.24) is 19.9 Å². The first-order valence-corrected chi connectivity index (χ1v) is 10.7. The Labute approximate surface area is 165 Å². The van der Waals surface area contributed by atoms with Gasteiger partial charge in [-0.2, -0.15) is 0 Å². The molecule has 1 N–H and O–H groups in total. The van der Waals surface area contributed by atoms with Gasteiger partial charge in [-0.25, -0.2) is 4.98 Å². The van der Waals surface area contributed by atoms with Gasteiger partial charge in [0.25, 0.3) is 5.56 Å². The smallest absolute Gasteiger partial charge is 0.262 e. The third kappa shape index (κ3) is 3.77. The van der Waals surface area contributed by atoms with E-state index in [0.717, 1.165) is 35.2 Å². The molecule has 0 atom stereocenters. The number of hydrogen-bond donors (Lipinski definition) is 1. The molecule has 0 bridgehead atoms. The van der Waals surface area contributed by atoms with Crippen LogP contribution in [0.5, 0.6) is 0 Å². The molecule has 3 heterocycles. The maximum atomic E-state index is 12.8. The molecule has 3 aromatic rings. The Kier molecular flexibility index (Phi) is 5.27. The summed E-state index contributed by atoms with van der Waals surface area (Å²) in [5, 5.41) is 4.21. The molecule has 1 amide bonds. The van der Waals surface area contributed by atoms with Crippen LogP contribution in [-0.4, -0.2) is 26.2 Å². The van der Waals surface area contributed by atoms with Crippen LogP contribution < -0.4 is 10.9 Å². The van der Waals surface area contributed by atoms with E-state index in [4.69, 9.17) is 0 Å². The zero-order chi connectivity index (χ0) is 18.8. The number of pyridine rings is 1. The van der Waals surface area contributed by atoms with Crippen LogP contribution in [0.25, 0.3) is 10.2 Å². The number of carbonyl (C=O) groups is 1. The molecule has 0 radical (unpaired) electrons. The number of thioether (sulfide) groups is 1. The van der Waals surface area contributed by atoms with Crippen LogP contribution in [-0.2, 0) is 31.2 Å². The summed E-state index contributed by atoms with van der Waals surface area (Å²) in [6.45, 7) is 0.392. The molecular weight excluding hydrogens is 380 g/mol. The van der Waals surface area contributed by atoms with E-state index >= 15 is 0 Å². The van der Waals surface area contributed by atoms with Crippen LogP contribution in [0.3, 0.4) is 0 Å². The quantitative estimate of drug-likeness (QED) is 0.526. The minimum Gasteiger partial charge on any atom is -0.350 e. The molecule has 140 valence electrons. The minimum atomic E-state index is -0.106. The molecular formula is C19H20N4O2S2. The summed E-state index contributed by atoms with van der Waals surface area (Å²) in [6, 6.07) is 5.59. The standard InChI is InChI=1S/C19H20N4O2S2/c1-23-18(25)16-13-7-2-3-8-14(13)27-17(16)22-19(23)26-11-15(24)21-10-12-6-4-5-9-20-12/h4-6,9H,2-3,7-8,10-11H2,1H3,(H,21,24). The van der Waals surface area contributed by atoms with E-state index in [1.807, 2.05) is 18.2 Å². The average Bonchev–Trinajstić information content (AvgIpc) is 3.07. The highest BCUT2D eigenvalue weighted by Crippen LogP contribution is 2.34. The van der Waals surface area contributed by atoms with Crippen molar-refractivity contribution in [2.45, 2.75) is 37.4 Å². The summed E-state index contributed by atoms with van der Waals surface area (Å²) in [5.74, 6) is 0.106. The number of fused-ring (bicyclic) bond motifs is 3. The van der Waals surface area contributed by atoms with E-state index in [1.165, 1.54) is 28.6 Å². The second-order valence-corrected chi connectivity index (χ2v) is 8.56. The van der Waals surface area contributed by atoms with Gasteiger partial charge in [0.2, 0.25) is 5.91 Å². The molecule has 0 aliphatic heterocycles. The molecule has 1 aliphatic rings. The summed E-state index contributed by atoms with van der Waals surface area (Å²) in [6.07, 6.45) is 6.02. The van der Waals surface area contributed by atoms with Gasteiger partial charge in [-0.05, 0) is 43.4 Å². The number of nitrogens with one attached hydrogen (secondary N) is 1. The Hall–Kier alpha value is -2.19. The molecule has 0 saturated carbocycles. The first-order valence-electron chi connectivity index (χ1n) is 8.94. The van der Waals surface area contributed by atoms with Crippen molar-refractivity contribution in [3.8, 4) is 0 Å². The van der Waals surface area contributed by atoms with E-state index in [-0.39, 0.29) is 17.2 Å². The predicted molar refractivity (Wildman–Crippen MR) is 108 cm³/mol. The van der Waals surface area contributed by atoms with Gasteiger partial charge in [-0.3, -0.25) is 19.1 Å². The Bertz CT molecular complexity index is 1040. The van der Waals surface area contributed by atoms with Crippen molar-refractivity contribution in [1.29, 1.82) is 0 Å². The second-order valence-electron chi connectivity index (χ2n) is 6.54. The van der Waals surface area contributed by atoms with Crippen molar-refractivity contribution < 1.29 is 4.79 Å². The molecule has 0 fully saturated rings. The highest BCUT2D eigenvalue weighted by Gasteiger charge is 2.21. The third-order valence-corrected chi connectivity index (χ3v) is 6.90. The predicted octanol–water partition coefficient (Wildman–Crippen LogP) is 2.68. The van der Waals surface area contributed by atoms with Crippen LogP contribution >= 0.6 is 23.1 Å². The minimum absolute atomic E-state index is 0.00389. The molecule has 27 heavy (non-hydrogen) atoms. The van der Waals surface area contributed by atoms with E-state index in [0.29, 0.717) is 11.7 Å². The van der Waals surface area contributed by atoms with E-state index in [2.05, 4.69) is 15.3 Å². The maximum absolute atomic E-state index is 12.8. The Balaban J connectivity index is 1.48. The molecule has 0 unspecified atom stereocenters. The molecule has 3 aromatic heterocycles. The van der Waals surface area contributed by atoms with Crippen LogP contribution in [0, 0.1) is 0 Å². The van der Waals surface area contributed by atoms with Gasteiger partial charge < -0.3 is 5.32 Å². The fraction of sp³-hybridized carbons (Fsp3) is 0.368. The lowest BCUT2D eigenvalue weighted by Gasteiger charge is -2.11. The van der Waals surface area contributed by atoms with E-state index < -0.39 is 0 Å². The fourth-order valence-electron chi connectivity index (χ4n) is 3.27. The monoisotopic (exact) mass is 400 g/mol. The molecule has 6 nitrogen and oxygen atoms in total. The van der Waals surface area contributed by atoms with Crippen molar-refractivity contribution >= 4 is 39.2 Å². The van der Waals surface area contributed by atoms with Crippen LogP contribution in [0.2, 0.25) is 0 Å². The zero-order valence-corrected chi connectivity index (χ0v) is 16.7. The van der Waals surface area contributed by atoms with Crippen molar-refractivity contribution in [2.75, 3.05) is 5.75 Å². The molecule has 0 aromatic carbocycles. The lowest BCUT2D eigenvalue weighted by atomic mass is 9.97. The first-order chi connectivity index (χ1) is 13.1. The normalized spacial score (nSPS) is 13.5. The molecule has 0 saturated heterocycles. The van der Waals surface area contributed by atoms with E-state index in [9.17, 15) is 9.59 Å². The van der Waals surface area contributed by atoms with E-state index in [1.54, 1.807) is 29.1 Å². The summed E-state index contributed by atoms with van der Waals surface area (Å²) < 4.78 is 1.57. The van der Waals surface area contributed by atoms with Gasteiger partial charge in [0, 0.05) is 18.1 Å². The van der Waals surface area contributed by atoms with Crippen LogP contribution in [0.1, 0.15) is 29.0 Å². The first kappa shape index (κ1) is 18.2. The number of carbonyl (C=O) groups excluding carboxylic acids is 1. The van der Waals surface area contributed by atoms with Crippen molar-refractivity contribution in [3.63, 3.8) is 0 Å². The third-order valence-electron chi connectivity index (χ3n) is 4.68. The zero-order valence-electron chi connectivity index (χ0n) is 15.0. The molecule has 1 aliphatic carbocycles. The van der Waals surface area contributed by atoms with Gasteiger partial charge in [-0.1, -0.05) is 17.8 Å². The molecule has 8 heteroatoms. The number of nitrogens with zero attached hydrogens (tertiary/aromatic N) is 3. The fourth-order valence-corrected chi connectivity index (χ4v) is 5.37. The molecule has 4 rings (SSSR count). The lowest BCUT2D eigenvalue weighted by molar-refractivity contribution is -0.118. The number of aryl methyl sites for hydroxylation is 2. The van der Waals surface area contributed by atoms with Gasteiger partial charge in [0.1, 0.15) is 4.83 Å². The maximum Gasteiger partial charge on any atom is 0.262 e. The largest absolute Gasteiger partial charge is 0.350 e. The van der Waals surface area contributed by atoms with Crippen LogP contribution in [0.15, 0.2) is 34.3 Å². The number of aromatic nitrogens is 3. The summed E-state index contributed by atoms with van der Waals surface area (Å²) in [5.41, 5.74) is 2.00. The molecule has 0 spiro atoms. The highest BCUT2D eigenvalue weighted by molar-refractivity contribution is 7.99. The van der Waals surface area contributed by atoms with Crippen molar-refractivity contribution in [3.05, 3.63) is 50.9 Å². The highest BCUT2D eigenvalue weighted by atomic mass is 32.2. The Morgan fingerprint density at radius 1 is 1.33 bits per heavy atom. The lowest BCUT2D eigenvalue weighted by Crippen LogP contribution is -2.26. The summed E-state index contributed by atoms with van der Waals surface area (Å²) in [7, 11) is 1.73. The summed E-state index contributed by atoms with van der Waals surface area (Å²) in [4.78, 5) is 36.0. The number of amides is 1. The second kappa shape index (κ2) is 7.82. The van der Waals surface area contributed by atoms with Gasteiger partial charge in [-0.15, -0.1) is 11.3 Å². The number of rotatable bonds is 5. The van der Waals surface area contributed by atoms with Gasteiger partial charge in [0.05, 0.1) is 23.4 Å². The SMILES string of the molecule is Cn1c(SCC(=O)NCc2ccccn2)nc2sc3c(c2c1=O)CCCC3. The summed E-state index contributed by atoms with van der Waals surface area (Å²) >= 11 is 2.92. The topological polar surface area (TPSA) is 76.9 Å². The van der Waals surface area contributed by atoms with Gasteiger partial charge >= 0.3 is 0 Å². The average molecular weight is 401 g/mol. The Morgan fingerprint density at radius 3 is 3.00 bits per heavy atom.